The summed E-state index contributed by atoms with van der Waals surface area (Å²) < 4.78 is 5.72. The Kier molecular flexibility index (Phi) is 1.57. The average molecular weight is 164 g/mol. The second-order valence-electron chi connectivity index (χ2n) is 4.17. The second kappa shape index (κ2) is 2.38. The fourth-order valence-corrected chi connectivity index (χ4v) is 2.45. The molecule has 2 fully saturated rings. The van der Waals surface area contributed by atoms with E-state index in [1.807, 2.05) is 0 Å². The number of hydrogen-bond acceptors (Lipinski definition) is 1. The predicted octanol–water partition coefficient (Wildman–Crippen LogP) is 2.75. The fourth-order valence-electron chi connectivity index (χ4n) is 2.45. The number of ether oxygens (including phenoxy) is 1. The van der Waals surface area contributed by atoms with E-state index in [9.17, 15) is 0 Å². The molecule has 1 aliphatic heterocycles. The van der Waals surface area contributed by atoms with Gasteiger partial charge in [-0.3, -0.25) is 0 Å². The Balaban J connectivity index is 2.31. The topological polar surface area (TPSA) is 9.23 Å². The molecule has 3 unspecified atom stereocenters. The van der Waals surface area contributed by atoms with Gasteiger partial charge in [0.2, 0.25) is 0 Å². The Morgan fingerprint density at radius 1 is 1.33 bits per heavy atom. The molecule has 1 saturated heterocycles. The van der Waals surface area contributed by atoms with Gasteiger partial charge in [-0.25, -0.2) is 0 Å². The van der Waals surface area contributed by atoms with Gasteiger partial charge in [-0.2, -0.15) is 0 Å². The zero-order valence-corrected chi connectivity index (χ0v) is 7.84. The molecule has 66 valence electrons. The minimum absolute atomic E-state index is 0.351. The van der Waals surface area contributed by atoms with Crippen LogP contribution in [0.2, 0.25) is 0 Å². The summed E-state index contributed by atoms with van der Waals surface area (Å²) in [5.41, 5.74) is 1.33. The number of rotatable bonds is 0. The van der Waals surface area contributed by atoms with Crippen molar-refractivity contribution in [2.45, 2.75) is 26.4 Å². The fraction of sp³-hybridized carbons (Fsp3) is 0.636. The first-order valence-electron chi connectivity index (χ1n) is 4.64. The van der Waals surface area contributed by atoms with Crippen LogP contribution in [-0.2, 0) is 4.74 Å². The Morgan fingerprint density at radius 3 is 2.67 bits per heavy atom. The maximum atomic E-state index is 5.72. The molecule has 12 heavy (non-hydrogen) atoms. The van der Waals surface area contributed by atoms with E-state index in [1.165, 1.54) is 5.57 Å². The van der Waals surface area contributed by atoms with Crippen molar-refractivity contribution in [2.75, 3.05) is 0 Å². The van der Waals surface area contributed by atoms with Gasteiger partial charge in [0.05, 0.1) is 5.76 Å². The molecule has 0 aromatic heterocycles. The van der Waals surface area contributed by atoms with Gasteiger partial charge in [-0.15, -0.1) is 0 Å². The molecule has 2 aliphatic rings. The van der Waals surface area contributed by atoms with E-state index in [0.717, 1.165) is 12.2 Å². The largest absolute Gasteiger partial charge is 0.494 e. The first-order chi connectivity index (χ1) is 5.61. The van der Waals surface area contributed by atoms with Crippen LogP contribution in [0.3, 0.4) is 0 Å². The molecule has 4 atom stereocenters. The monoisotopic (exact) mass is 164 g/mol. The Morgan fingerprint density at radius 2 is 2.00 bits per heavy atom. The molecule has 1 heteroatoms. The summed E-state index contributed by atoms with van der Waals surface area (Å²) in [5.74, 6) is 2.67. The van der Waals surface area contributed by atoms with Crippen molar-refractivity contribution >= 4 is 0 Å². The van der Waals surface area contributed by atoms with Crippen LogP contribution < -0.4 is 0 Å². The van der Waals surface area contributed by atoms with E-state index in [0.29, 0.717) is 23.9 Å². The molecule has 0 radical (unpaired) electrons. The van der Waals surface area contributed by atoms with Crippen LogP contribution >= 0.6 is 0 Å². The molecule has 1 heterocycles. The lowest BCUT2D eigenvalue weighted by Crippen LogP contribution is -2.31. The highest BCUT2D eigenvalue weighted by atomic mass is 16.5. The maximum Gasteiger partial charge on any atom is 0.108 e. The zero-order valence-electron chi connectivity index (χ0n) is 7.84. The molecule has 2 bridgehead atoms. The second-order valence-corrected chi connectivity index (χ2v) is 4.17. The highest BCUT2D eigenvalue weighted by Gasteiger charge is 2.45. The maximum absolute atomic E-state index is 5.72. The smallest absolute Gasteiger partial charge is 0.108 e. The number of hydrogen-bond donors (Lipinski definition) is 0. The molecule has 0 spiro atoms. The van der Waals surface area contributed by atoms with E-state index in [2.05, 4.69) is 27.0 Å². The lowest BCUT2D eigenvalue weighted by Gasteiger charge is -2.30. The quantitative estimate of drug-likeness (QED) is 0.500. The van der Waals surface area contributed by atoms with E-state index in [-0.39, 0.29) is 0 Å². The minimum atomic E-state index is 0.351. The highest BCUT2D eigenvalue weighted by Crippen LogP contribution is 2.48. The lowest BCUT2D eigenvalue weighted by atomic mass is 9.73. The van der Waals surface area contributed by atoms with Crippen molar-refractivity contribution in [3.8, 4) is 0 Å². The Hall–Kier alpha value is -0.720. The molecule has 1 nitrogen and oxygen atoms in total. The zero-order chi connectivity index (χ0) is 8.88. The highest BCUT2D eigenvalue weighted by molar-refractivity contribution is 5.19. The van der Waals surface area contributed by atoms with Crippen LogP contribution in [0.4, 0.5) is 0 Å². The molecule has 0 aromatic rings. The molecule has 0 amide bonds. The molecule has 1 saturated carbocycles. The van der Waals surface area contributed by atoms with Gasteiger partial charge < -0.3 is 4.74 Å². The normalized spacial score (nSPS) is 46.2. The third-order valence-electron chi connectivity index (χ3n) is 3.47. The molecule has 1 aliphatic carbocycles. The standard InChI is InChI=1S/C11H16O/c1-6-5-10-8(3)11(7(6)2)12-9(10)4/h7-8,10-11H,1,4-5H2,2-3H3/t7?,8?,10?,11-/m0/s1. The van der Waals surface area contributed by atoms with Crippen LogP contribution in [0.5, 0.6) is 0 Å². The average Bonchev–Trinajstić information content (AvgIpc) is 2.23. The van der Waals surface area contributed by atoms with E-state index >= 15 is 0 Å². The van der Waals surface area contributed by atoms with Gasteiger partial charge in [0.1, 0.15) is 6.10 Å². The molecule has 2 rings (SSSR count). The van der Waals surface area contributed by atoms with Crippen molar-refractivity contribution < 1.29 is 4.74 Å². The van der Waals surface area contributed by atoms with Crippen LogP contribution in [0.1, 0.15) is 20.3 Å². The molecular formula is C11H16O. The van der Waals surface area contributed by atoms with Crippen molar-refractivity contribution in [3.05, 3.63) is 24.5 Å². The van der Waals surface area contributed by atoms with Crippen molar-refractivity contribution in [1.29, 1.82) is 0 Å². The number of allylic oxidation sites excluding steroid dienone is 1. The predicted molar refractivity (Wildman–Crippen MR) is 49.6 cm³/mol. The summed E-state index contributed by atoms with van der Waals surface area (Å²) in [5, 5.41) is 0. The van der Waals surface area contributed by atoms with Gasteiger partial charge in [0.25, 0.3) is 0 Å². The Bertz CT molecular complexity index is 239. The van der Waals surface area contributed by atoms with Crippen LogP contribution in [-0.4, -0.2) is 6.10 Å². The van der Waals surface area contributed by atoms with Crippen molar-refractivity contribution in [2.24, 2.45) is 17.8 Å². The summed E-state index contributed by atoms with van der Waals surface area (Å²) in [6.07, 6.45) is 1.43. The first-order valence-corrected chi connectivity index (χ1v) is 4.64. The summed E-state index contributed by atoms with van der Waals surface area (Å²) in [7, 11) is 0. The van der Waals surface area contributed by atoms with Crippen LogP contribution in [0.25, 0.3) is 0 Å². The number of fused-ring (bicyclic) bond motifs is 2. The first kappa shape index (κ1) is 7.90. The third-order valence-corrected chi connectivity index (χ3v) is 3.47. The van der Waals surface area contributed by atoms with Crippen LogP contribution in [0, 0.1) is 17.8 Å². The lowest BCUT2D eigenvalue weighted by molar-refractivity contribution is 0.0930. The van der Waals surface area contributed by atoms with Crippen molar-refractivity contribution in [3.63, 3.8) is 0 Å². The Labute approximate surface area is 74.1 Å². The van der Waals surface area contributed by atoms with E-state index in [4.69, 9.17) is 4.74 Å². The minimum Gasteiger partial charge on any atom is -0.494 e. The van der Waals surface area contributed by atoms with Gasteiger partial charge in [0, 0.05) is 17.8 Å². The van der Waals surface area contributed by atoms with Gasteiger partial charge in [-0.1, -0.05) is 32.6 Å². The summed E-state index contributed by atoms with van der Waals surface area (Å²) in [6.45, 7) is 12.5. The van der Waals surface area contributed by atoms with Crippen LogP contribution in [0.15, 0.2) is 24.5 Å². The van der Waals surface area contributed by atoms with Crippen molar-refractivity contribution in [1.82, 2.24) is 0 Å². The van der Waals surface area contributed by atoms with Gasteiger partial charge >= 0.3 is 0 Å². The third kappa shape index (κ3) is 0.855. The summed E-state index contributed by atoms with van der Waals surface area (Å²) in [6, 6.07) is 0. The summed E-state index contributed by atoms with van der Waals surface area (Å²) in [4.78, 5) is 0. The van der Waals surface area contributed by atoms with Gasteiger partial charge in [-0.05, 0) is 6.42 Å². The molecular weight excluding hydrogens is 148 g/mol. The SMILES string of the molecule is C=C1O[C@H]2C(C)C(=C)CC1C2C. The molecule has 0 aromatic carbocycles. The van der Waals surface area contributed by atoms with E-state index < -0.39 is 0 Å². The molecule has 0 N–H and O–H groups in total. The summed E-state index contributed by atoms with van der Waals surface area (Å²) >= 11 is 0. The van der Waals surface area contributed by atoms with E-state index in [1.54, 1.807) is 0 Å². The van der Waals surface area contributed by atoms with Gasteiger partial charge in [0.15, 0.2) is 0 Å².